The molecule has 2 aromatic carbocycles. The third kappa shape index (κ3) is 3.80. The Hall–Kier alpha value is -3.66. The average Bonchev–Trinajstić information content (AvgIpc) is 2.90. The van der Waals surface area contributed by atoms with Gasteiger partial charge in [0, 0.05) is 5.56 Å². The van der Waals surface area contributed by atoms with Crippen molar-refractivity contribution in [2.24, 2.45) is 0 Å². The molecule has 1 saturated heterocycles. The molecule has 3 rings (SSSR count). The van der Waals surface area contributed by atoms with Crippen LogP contribution in [0.25, 0.3) is 0 Å². The first-order valence-electron chi connectivity index (χ1n) is 8.45. The number of hydrogen-bond acceptors (Lipinski definition) is 4. The Morgan fingerprint density at radius 3 is 2.63 bits per heavy atom. The molecule has 0 spiro atoms. The quantitative estimate of drug-likeness (QED) is 0.796. The van der Waals surface area contributed by atoms with Crippen LogP contribution in [0.1, 0.15) is 34.8 Å². The van der Waals surface area contributed by atoms with Gasteiger partial charge in [0.1, 0.15) is 5.54 Å². The van der Waals surface area contributed by atoms with Crippen LogP contribution in [0.15, 0.2) is 54.6 Å². The fourth-order valence-electron chi connectivity index (χ4n) is 2.89. The zero-order valence-electron chi connectivity index (χ0n) is 14.7. The van der Waals surface area contributed by atoms with Gasteiger partial charge in [-0.3, -0.25) is 15.0 Å². The monoisotopic (exact) mass is 362 g/mol. The molecule has 27 heavy (non-hydrogen) atoms. The summed E-state index contributed by atoms with van der Waals surface area (Å²) in [4.78, 5) is 37.3. The van der Waals surface area contributed by atoms with Crippen LogP contribution in [-0.2, 0) is 11.2 Å². The van der Waals surface area contributed by atoms with Crippen LogP contribution < -0.4 is 10.7 Å². The van der Waals surface area contributed by atoms with Crippen LogP contribution in [0.4, 0.5) is 4.79 Å². The summed E-state index contributed by atoms with van der Waals surface area (Å²) in [7, 11) is 0. The maximum atomic E-state index is 12.7. The number of hydrazine groups is 1. The molecule has 1 aliphatic heterocycles. The SMILES string of the molecule is CC1(CCc2ccccc2)NC(=O)N(NC(=O)c2cccc(C#N)c2)C1=O. The van der Waals surface area contributed by atoms with Crippen molar-refractivity contribution >= 4 is 17.8 Å². The minimum Gasteiger partial charge on any atom is -0.322 e. The van der Waals surface area contributed by atoms with Gasteiger partial charge in [0.25, 0.3) is 11.8 Å². The number of carbonyl (C=O) groups is 3. The van der Waals surface area contributed by atoms with Gasteiger partial charge in [-0.15, -0.1) is 0 Å². The van der Waals surface area contributed by atoms with E-state index in [1.165, 1.54) is 12.1 Å². The number of hydrogen-bond donors (Lipinski definition) is 2. The lowest BCUT2D eigenvalue weighted by molar-refractivity contribution is -0.132. The van der Waals surface area contributed by atoms with Gasteiger partial charge in [0.05, 0.1) is 11.6 Å². The number of nitriles is 1. The van der Waals surface area contributed by atoms with Gasteiger partial charge in [-0.25, -0.2) is 4.79 Å². The molecule has 0 aliphatic carbocycles. The Kier molecular flexibility index (Phi) is 4.90. The fourth-order valence-corrected chi connectivity index (χ4v) is 2.89. The molecule has 1 heterocycles. The van der Waals surface area contributed by atoms with E-state index in [1.54, 1.807) is 19.1 Å². The van der Waals surface area contributed by atoms with Gasteiger partial charge in [-0.05, 0) is 43.5 Å². The highest BCUT2D eigenvalue weighted by molar-refractivity contribution is 6.09. The van der Waals surface area contributed by atoms with Crippen molar-refractivity contribution in [3.05, 3.63) is 71.3 Å². The Labute approximate surface area is 156 Å². The summed E-state index contributed by atoms with van der Waals surface area (Å²) in [6.45, 7) is 1.64. The summed E-state index contributed by atoms with van der Waals surface area (Å²) in [5.74, 6) is -1.16. The number of amides is 4. The maximum Gasteiger partial charge on any atom is 0.344 e. The number of aryl methyl sites for hydroxylation is 1. The molecule has 4 amide bonds. The smallest absolute Gasteiger partial charge is 0.322 e. The lowest BCUT2D eigenvalue weighted by Gasteiger charge is -2.21. The minimum atomic E-state index is -1.10. The van der Waals surface area contributed by atoms with Crippen molar-refractivity contribution in [2.45, 2.75) is 25.3 Å². The van der Waals surface area contributed by atoms with Gasteiger partial charge in [-0.1, -0.05) is 36.4 Å². The van der Waals surface area contributed by atoms with E-state index in [9.17, 15) is 14.4 Å². The van der Waals surface area contributed by atoms with E-state index >= 15 is 0 Å². The summed E-state index contributed by atoms with van der Waals surface area (Å²) in [5, 5.41) is 12.3. The van der Waals surface area contributed by atoms with Gasteiger partial charge in [-0.2, -0.15) is 10.3 Å². The number of urea groups is 1. The summed E-state index contributed by atoms with van der Waals surface area (Å²) in [6, 6.07) is 16.9. The summed E-state index contributed by atoms with van der Waals surface area (Å²) < 4.78 is 0. The molecule has 7 nitrogen and oxygen atoms in total. The Morgan fingerprint density at radius 2 is 1.93 bits per heavy atom. The molecule has 7 heteroatoms. The van der Waals surface area contributed by atoms with Gasteiger partial charge < -0.3 is 5.32 Å². The predicted molar refractivity (Wildman–Crippen MR) is 97.2 cm³/mol. The van der Waals surface area contributed by atoms with Crippen LogP contribution in [0.2, 0.25) is 0 Å². The van der Waals surface area contributed by atoms with Gasteiger partial charge >= 0.3 is 6.03 Å². The van der Waals surface area contributed by atoms with E-state index in [0.29, 0.717) is 23.4 Å². The largest absolute Gasteiger partial charge is 0.344 e. The van der Waals surface area contributed by atoms with Crippen LogP contribution in [0.5, 0.6) is 0 Å². The van der Waals surface area contributed by atoms with Crippen molar-refractivity contribution in [3.63, 3.8) is 0 Å². The molecule has 0 bridgehead atoms. The Bertz CT molecular complexity index is 936. The number of rotatable bonds is 5. The van der Waals surface area contributed by atoms with E-state index in [0.717, 1.165) is 5.56 Å². The highest BCUT2D eigenvalue weighted by Gasteiger charge is 2.48. The van der Waals surface area contributed by atoms with E-state index in [-0.39, 0.29) is 5.56 Å². The lowest BCUT2D eigenvalue weighted by Crippen LogP contribution is -2.48. The molecule has 2 aromatic rings. The first-order chi connectivity index (χ1) is 12.9. The van der Waals surface area contributed by atoms with E-state index < -0.39 is 23.4 Å². The third-order valence-electron chi connectivity index (χ3n) is 4.48. The molecular formula is C20H18N4O3. The molecule has 136 valence electrons. The molecule has 0 aromatic heterocycles. The Balaban J connectivity index is 1.70. The summed E-state index contributed by atoms with van der Waals surface area (Å²) in [6.07, 6.45) is 1.01. The number of carbonyl (C=O) groups excluding carboxylic acids is 3. The van der Waals surface area contributed by atoms with Crippen molar-refractivity contribution < 1.29 is 14.4 Å². The third-order valence-corrected chi connectivity index (χ3v) is 4.48. The number of imide groups is 1. The standard InChI is InChI=1S/C20H18N4O3/c1-20(11-10-14-6-3-2-4-7-14)18(26)24(19(27)22-20)23-17(25)16-9-5-8-15(12-16)13-21/h2-9,12H,10-11H2,1H3,(H,22,27)(H,23,25). The van der Waals surface area contributed by atoms with Crippen molar-refractivity contribution in [2.75, 3.05) is 0 Å². The van der Waals surface area contributed by atoms with E-state index in [1.807, 2.05) is 36.4 Å². The van der Waals surface area contributed by atoms with Crippen LogP contribution in [0.3, 0.4) is 0 Å². The molecular weight excluding hydrogens is 344 g/mol. The topological polar surface area (TPSA) is 102 Å². The van der Waals surface area contributed by atoms with Crippen molar-refractivity contribution in [1.29, 1.82) is 5.26 Å². The second-order valence-electron chi connectivity index (χ2n) is 6.52. The fraction of sp³-hybridized carbons (Fsp3) is 0.200. The highest BCUT2D eigenvalue weighted by atomic mass is 16.2. The molecule has 1 atom stereocenters. The van der Waals surface area contributed by atoms with Gasteiger partial charge in [0.15, 0.2) is 0 Å². The highest BCUT2D eigenvalue weighted by Crippen LogP contribution is 2.22. The van der Waals surface area contributed by atoms with Gasteiger partial charge in [0.2, 0.25) is 0 Å². The molecule has 0 radical (unpaired) electrons. The lowest BCUT2D eigenvalue weighted by atomic mass is 9.93. The maximum absolute atomic E-state index is 12.7. The molecule has 0 saturated carbocycles. The second-order valence-corrected chi connectivity index (χ2v) is 6.52. The minimum absolute atomic E-state index is 0.188. The predicted octanol–water partition coefficient (Wildman–Crippen LogP) is 2.15. The molecule has 1 aliphatic rings. The average molecular weight is 362 g/mol. The Morgan fingerprint density at radius 1 is 1.19 bits per heavy atom. The van der Waals surface area contributed by atoms with E-state index in [4.69, 9.17) is 5.26 Å². The number of nitrogens with one attached hydrogen (secondary N) is 2. The second kappa shape index (κ2) is 7.30. The normalized spacial score (nSPS) is 18.7. The molecule has 1 unspecified atom stereocenters. The number of nitrogens with zero attached hydrogens (tertiary/aromatic N) is 2. The van der Waals surface area contributed by atoms with Crippen LogP contribution in [0, 0.1) is 11.3 Å². The zero-order chi connectivity index (χ0) is 19.4. The summed E-state index contributed by atoms with van der Waals surface area (Å²) >= 11 is 0. The molecule has 2 N–H and O–H groups in total. The summed E-state index contributed by atoms with van der Waals surface area (Å²) in [5.41, 5.74) is 2.77. The number of benzene rings is 2. The first kappa shape index (κ1) is 18.1. The van der Waals surface area contributed by atoms with Crippen LogP contribution >= 0.6 is 0 Å². The van der Waals surface area contributed by atoms with E-state index in [2.05, 4.69) is 10.7 Å². The first-order valence-corrected chi connectivity index (χ1v) is 8.45. The van der Waals surface area contributed by atoms with Crippen molar-refractivity contribution in [1.82, 2.24) is 15.8 Å². The zero-order valence-corrected chi connectivity index (χ0v) is 14.7. The van der Waals surface area contributed by atoms with Crippen molar-refractivity contribution in [3.8, 4) is 6.07 Å². The van der Waals surface area contributed by atoms with Crippen LogP contribution in [-0.4, -0.2) is 28.4 Å². The molecule has 1 fully saturated rings.